The van der Waals surface area contributed by atoms with Crippen LogP contribution in [0.25, 0.3) is 0 Å². The Morgan fingerprint density at radius 2 is 1.66 bits per heavy atom. The number of unbranched alkanes of at least 4 members (excludes halogenated alkanes) is 3. The minimum Gasteiger partial charge on any atom is -0.508 e. The molecule has 2 fully saturated rings. The van der Waals surface area contributed by atoms with E-state index in [0.29, 0.717) is 23.5 Å². The van der Waals surface area contributed by atoms with Crippen molar-refractivity contribution >= 4 is 5.97 Å². The first-order chi connectivity index (χ1) is 26.0. The van der Waals surface area contributed by atoms with Crippen LogP contribution in [-0.4, -0.2) is 65.2 Å². The SMILES string of the molecule is C=CCN1CC[C@]23c4c5c(O)cc(OC(C)=O)c4O[C@H]2[C@@H](N(CCCCCCc2ccccc2)CC(c2ccccc2)c2ccccc2)CC[C@H]3[C@H]1C5. The lowest BCUT2D eigenvalue weighted by Crippen LogP contribution is -2.69. The van der Waals surface area contributed by atoms with Crippen molar-refractivity contribution in [1.82, 2.24) is 9.80 Å². The van der Waals surface area contributed by atoms with E-state index in [4.69, 9.17) is 9.47 Å². The van der Waals surface area contributed by atoms with Gasteiger partial charge in [0.25, 0.3) is 0 Å². The summed E-state index contributed by atoms with van der Waals surface area (Å²) in [5, 5.41) is 11.6. The third-order valence-corrected chi connectivity index (χ3v) is 12.9. The molecule has 8 rings (SSSR count). The standard InChI is InChI=1S/C47H54N2O4/c1-3-27-48-29-26-47-39-24-25-40(46(47)53-45-43(52-33(2)50)31-42(51)37(44(45)47)30-41(39)48)49(28-16-5-4-9-17-34-18-10-6-11-19-34)32-38(35-20-12-7-13-21-35)36-22-14-8-15-23-36/h3,6-8,10-15,18-23,31,38-41,46,51H,1,4-5,9,16-17,24-30,32H2,2H3/t39-,40-,41+,46-,47-/m0/s1. The molecule has 6 nitrogen and oxygen atoms in total. The largest absolute Gasteiger partial charge is 0.508 e. The monoisotopic (exact) mass is 710 g/mol. The second-order valence-electron chi connectivity index (χ2n) is 15.8. The van der Waals surface area contributed by atoms with Crippen LogP contribution in [0.2, 0.25) is 0 Å². The number of aryl methyl sites for hydroxylation is 1. The molecule has 5 atom stereocenters. The van der Waals surface area contributed by atoms with Gasteiger partial charge in [0.2, 0.25) is 0 Å². The van der Waals surface area contributed by atoms with E-state index < -0.39 is 5.97 Å². The van der Waals surface area contributed by atoms with E-state index in [9.17, 15) is 9.90 Å². The second kappa shape index (κ2) is 15.5. The van der Waals surface area contributed by atoms with E-state index >= 15 is 0 Å². The molecule has 1 saturated carbocycles. The van der Waals surface area contributed by atoms with Gasteiger partial charge in [0, 0.05) is 60.6 Å². The number of aromatic hydroxyl groups is 1. The van der Waals surface area contributed by atoms with E-state index in [1.165, 1.54) is 42.9 Å². The molecule has 4 aromatic carbocycles. The second-order valence-corrected chi connectivity index (χ2v) is 15.8. The number of likely N-dealkylation sites (tertiary alicyclic amines) is 1. The number of hydrogen-bond acceptors (Lipinski definition) is 6. The number of nitrogens with zero attached hydrogens (tertiary/aromatic N) is 2. The maximum absolute atomic E-state index is 12.4. The zero-order chi connectivity index (χ0) is 36.4. The minimum atomic E-state index is -0.401. The fraction of sp³-hybridized carbons (Fsp3) is 0.426. The number of esters is 1. The van der Waals surface area contributed by atoms with Gasteiger partial charge in [-0.25, -0.2) is 0 Å². The Bertz CT molecular complexity index is 1840. The number of phenols is 1. The average Bonchev–Trinajstić information content (AvgIpc) is 3.52. The lowest BCUT2D eigenvalue weighted by molar-refractivity contribution is -0.132. The van der Waals surface area contributed by atoms with Crippen LogP contribution in [0.3, 0.4) is 0 Å². The maximum Gasteiger partial charge on any atom is 0.308 e. The predicted octanol–water partition coefficient (Wildman–Crippen LogP) is 8.85. The Morgan fingerprint density at radius 3 is 2.34 bits per heavy atom. The molecule has 0 aromatic heterocycles. The molecule has 1 saturated heterocycles. The molecule has 53 heavy (non-hydrogen) atoms. The molecule has 0 radical (unpaired) electrons. The van der Waals surface area contributed by atoms with Crippen molar-refractivity contribution in [2.75, 3.05) is 26.2 Å². The summed E-state index contributed by atoms with van der Waals surface area (Å²) in [6, 6.07) is 34.9. The van der Waals surface area contributed by atoms with Gasteiger partial charge in [0.1, 0.15) is 11.9 Å². The Morgan fingerprint density at radius 1 is 0.981 bits per heavy atom. The highest BCUT2D eigenvalue weighted by molar-refractivity contribution is 5.73. The number of hydrogen-bond donors (Lipinski definition) is 1. The van der Waals surface area contributed by atoms with Crippen molar-refractivity contribution < 1.29 is 19.4 Å². The van der Waals surface area contributed by atoms with Gasteiger partial charge >= 0.3 is 5.97 Å². The van der Waals surface area contributed by atoms with Crippen LogP contribution < -0.4 is 9.47 Å². The Kier molecular flexibility index (Phi) is 10.4. The molecule has 276 valence electrons. The van der Waals surface area contributed by atoms with Gasteiger partial charge in [0.05, 0.1) is 0 Å². The zero-order valence-electron chi connectivity index (χ0n) is 31.2. The van der Waals surface area contributed by atoms with Gasteiger partial charge in [-0.05, 0) is 80.6 Å². The van der Waals surface area contributed by atoms with E-state index in [0.717, 1.165) is 75.8 Å². The summed E-state index contributed by atoms with van der Waals surface area (Å²) in [5.74, 6) is 1.46. The maximum atomic E-state index is 12.4. The van der Waals surface area contributed by atoms with Gasteiger partial charge in [0.15, 0.2) is 11.5 Å². The van der Waals surface area contributed by atoms with Crippen molar-refractivity contribution in [2.24, 2.45) is 5.92 Å². The summed E-state index contributed by atoms with van der Waals surface area (Å²) in [7, 11) is 0. The summed E-state index contributed by atoms with van der Waals surface area (Å²) in [6.45, 7) is 9.19. The Hall–Kier alpha value is -4.39. The number of benzene rings is 4. The van der Waals surface area contributed by atoms with Crippen molar-refractivity contribution in [3.8, 4) is 17.2 Å². The van der Waals surface area contributed by atoms with Crippen LogP contribution in [0.15, 0.2) is 110 Å². The highest BCUT2D eigenvalue weighted by Crippen LogP contribution is 2.65. The molecule has 6 heteroatoms. The quantitative estimate of drug-likeness (QED) is 0.0576. The van der Waals surface area contributed by atoms with Gasteiger partial charge in [-0.15, -0.1) is 6.58 Å². The summed E-state index contributed by atoms with van der Waals surface area (Å²) in [5.41, 5.74) is 5.91. The molecule has 0 unspecified atom stereocenters. The molecule has 1 spiro atoms. The van der Waals surface area contributed by atoms with Gasteiger partial charge in [-0.2, -0.15) is 0 Å². The normalized spacial score (nSPS) is 24.1. The van der Waals surface area contributed by atoms with Crippen LogP contribution in [0.5, 0.6) is 17.2 Å². The van der Waals surface area contributed by atoms with Crippen LogP contribution in [0.1, 0.15) is 85.6 Å². The van der Waals surface area contributed by atoms with Crippen molar-refractivity contribution in [1.29, 1.82) is 0 Å². The first kappa shape index (κ1) is 35.6. The number of piperidine rings is 1. The summed E-state index contributed by atoms with van der Waals surface area (Å²) < 4.78 is 13.1. The van der Waals surface area contributed by atoms with Crippen molar-refractivity contribution in [2.45, 2.75) is 94.2 Å². The molecule has 2 heterocycles. The number of rotatable bonds is 15. The fourth-order valence-electron chi connectivity index (χ4n) is 10.7. The molecule has 4 aromatic rings. The average molecular weight is 711 g/mol. The first-order valence-corrected chi connectivity index (χ1v) is 19.9. The van der Waals surface area contributed by atoms with Crippen molar-refractivity contribution in [3.63, 3.8) is 0 Å². The topological polar surface area (TPSA) is 62.2 Å². The Balaban J connectivity index is 1.14. The van der Waals surface area contributed by atoms with Crippen LogP contribution >= 0.6 is 0 Å². The lowest BCUT2D eigenvalue weighted by atomic mass is 9.50. The summed E-state index contributed by atoms with van der Waals surface area (Å²) in [4.78, 5) is 17.7. The highest BCUT2D eigenvalue weighted by Gasteiger charge is 2.66. The minimum absolute atomic E-state index is 0.106. The fourth-order valence-corrected chi connectivity index (χ4v) is 10.7. The molecular weight excluding hydrogens is 657 g/mol. The van der Waals surface area contributed by atoms with E-state index in [1.54, 1.807) is 6.07 Å². The Labute approximate surface area is 315 Å². The van der Waals surface area contributed by atoms with Gasteiger partial charge < -0.3 is 14.6 Å². The van der Waals surface area contributed by atoms with Crippen LogP contribution in [0.4, 0.5) is 0 Å². The number of ether oxygens (including phenoxy) is 2. The van der Waals surface area contributed by atoms with Gasteiger partial charge in [-0.3, -0.25) is 14.6 Å². The molecule has 4 aliphatic rings. The first-order valence-electron chi connectivity index (χ1n) is 19.9. The molecule has 2 aliphatic carbocycles. The molecule has 1 N–H and O–H groups in total. The van der Waals surface area contributed by atoms with E-state index in [2.05, 4.69) is 107 Å². The number of phenolic OH excluding ortho intramolecular Hbond substituents is 1. The lowest BCUT2D eigenvalue weighted by Gasteiger charge is -2.60. The predicted molar refractivity (Wildman–Crippen MR) is 211 cm³/mol. The molecule has 2 aliphatic heterocycles. The zero-order valence-corrected chi connectivity index (χ0v) is 31.2. The molecular formula is C47H54N2O4. The molecule has 0 amide bonds. The van der Waals surface area contributed by atoms with Gasteiger partial charge in [-0.1, -0.05) is 110 Å². The van der Waals surface area contributed by atoms with E-state index in [1.807, 2.05) is 6.08 Å². The summed E-state index contributed by atoms with van der Waals surface area (Å²) in [6.07, 6.45) is 11.6. The van der Waals surface area contributed by atoms with Crippen LogP contribution in [0, 0.1) is 5.92 Å². The third kappa shape index (κ3) is 6.81. The van der Waals surface area contributed by atoms with E-state index in [-0.39, 0.29) is 29.2 Å². The third-order valence-electron chi connectivity index (χ3n) is 12.9. The summed E-state index contributed by atoms with van der Waals surface area (Å²) >= 11 is 0. The van der Waals surface area contributed by atoms with Crippen molar-refractivity contribution in [3.05, 3.63) is 138 Å². The molecule has 2 bridgehead atoms. The van der Waals surface area contributed by atoms with Crippen LogP contribution in [-0.2, 0) is 23.1 Å². The number of carbonyl (C=O) groups excluding carboxylic acids is 1. The smallest absolute Gasteiger partial charge is 0.308 e. The number of carbonyl (C=O) groups is 1. The highest BCUT2D eigenvalue weighted by atomic mass is 16.6.